The predicted octanol–water partition coefficient (Wildman–Crippen LogP) is 2.09. The number of piperidine rings is 1. The van der Waals surface area contributed by atoms with E-state index in [0.29, 0.717) is 29.5 Å². The fraction of sp³-hybridized carbons (Fsp3) is 0.462. The summed E-state index contributed by atoms with van der Waals surface area (Å²) >= 11 is 3.21. The Hall–Kier alpha value is -1.12. The molecule has 1 aliphatic heterocycles. The summed E-state index contributed by atoms with van der Waals surface area (Å²) in [5.41, 5.74) is 0. The number of sulfonamides is 1. The highest BCUT2D eigenvalue weighted by atomic mass is 79.9. The molecule has 1 N–H and O–H groups in total. The third kappa shape index (κ3) is 3.22. The van der Waals surface area contributed by atoms with Gasteiger partial charge in [0.25, 0.3) is 0 Å². The minimum atomic E-state index is -3.89. The van der Waals surface area contributed by atoms with E-state index < -0.39 is 22.0 Å². The minimum absolute atomic E-state index is 0.0231. The lowest BCUT2D eigenvalue weighted by molar-refractivity contribution is -0.142. The highest BCUT2D eigenvalue weighted by molar-refractivity contribution is 9.10. The third-order valence-corrected chi connectivity index (χ3v) is 6.37. The molecule has 1 aromatic rings. The number of rotatable bonds is 4. The summed E-state index contributed by atoms with van der Waals surface area (Å²) in [7, 11) is -2.45. The maximum Gasteiger partial charge on any atom is 0.322 e. The van der Waals surface area contributed by atoms with E-state index in [1.807, 2.05) is 0 Å². The van der Waals surface area contributed by atoms with Crippen molar-refractivity contribution in [3.63, 3.8) is 0 Å². The molecule has 8 heteroatoms. The third-order valence-electron chi connectivity index (χ3n) is 3.46. The normalized spacial score (nSPS) is 20.2. The first-order valence-electron chi connectivity index (χ1n) is 6.46. The van der Waals surface area contributed by atoms with Gasteiger partial charge in [-0.1, -0.05) is 0 Å². The molecule has 0 bridgehead atoms. The first-order chi connectivity index (χ1) is 9.87. The molecule has 6 nitrogen and oxygen atoms in total. The fourth-order valence-electron chi connectivity index (χ4n) is 2.37. The molecule has 1 saturated heterocycles. The average molecular weight is 378 g/mol. The summed E-state index contributed by atoms with van der Waals surface area (Å²) in [5.74, 6) is -0.710. The van der Waals surface area contributed by atoms with Crippen LogP contribution in [0.4, 0.5) is 0 Å². The Bertz CT molecular complexity index is 646. The van der Waals surface area contributed by atoms with E-state index in [1.54, 1.807) is 12.1 Å². The van der Waals surface area contributed by atoms with E-state index in [1.165, 1.54) is 13.2 Å². The number of aliphatic carboxylic acids is 1. The zero-order chi connectivity index (χ0) is 15.6. The van der Waals surface area contributed by atoms with Gasteiger partial charge in [-0.25, -0.2) is 8.42 Å². The van der Waals surface area contributed by atoms with Crippen LogP contribution in [-0.2, 0) is 14.8 Å². The van der Waals surface area contributed by atoms with Gasteiger partial charge in [0.15, 0.2) is 0 Å². The zero-order valence-corrected chi connectivity index (χ0v) is 13.9. The average Bonchev–Trinajstić information content (AvgIpc) is 2.47. The topological polar surface area (TPSA) is 83.9 Å². The van der Waals surface area contributed by atoms with Crippen LogP contribution in [0.3, 0.4) is 0 Å². The van der Waals surface area contributed by atoms with E-state index >= 15 is 0 Å². The van der Waals surface area contributed by atoms with E-state index in [2.05, 4.69) is 15.9 Å². The highest BCUT2D eigenvalue weighted by Crippen LogP contribution is 2.32. The number of methoxy groups -OCH3 is 1. The van der Waals surface area contributed by atoms with Gasteiger partial charge in [-0.05, 0) is 47.3 Å². The van der Waals surface area contributed by atoms with Gasteiger partial charge in [0.2, 0.25) is 10.0 Å². The molecule has 2 rings (SSSR count). The second kappa shape index (κ2) is 6.33. The Morgan fingerprint density at radius 3 is 2.76 bits per heavy atom. The van der Waals surface area contributed by atoms with Gasteiger partial charge >= 0.3 is 5.97 Å². The predicted molar refractivity (Wildman–Crippen MR) is 79.9 cm³/mol. The van der Waals surface area contributed by atoms with Crippen molar-refractivity contribution in [2.24, 2.45) is 0 Å². The van der Waals surface area contributed by atoms with Crippen molar-refractivity contribution in [1.82, 2.24) is 4.31 Å². The maximum atomic E-state index is 12.8. The molecule has 0 aromatic heterocycles. The van der Waals surface area contributed by atoms with E-state index in [-0.39, 0.29) is 11.4 Å². The second-order valence-corrected chi connectivity index (χ2v) is 7.48. The fourth-order valence-corrected chi connectivity index (χ4v) is 4.97. The first-order valence-corrected chi connectivity index (χ1v) is 8.69. The number of carboxylic acid groups (broad SMARTS) is 1. The summed E-state index contributed by atoms with van der Waals surface area (Å²) < 4.78 is 32.0. The quantitative estimate of drug-likeness (QED) is 0.868. The van der Waals surface area contributed by atoms with Crippen molar-refractivity contribution in [2.75, 3.05) is 13.7 Å². The van der Waals surface area contributed by atoms with Crippen molar-refractivity contribution < 1.29 is 23.1 Å². The van der Waals surface area contributed by atoms with Gasteiger partial charge < -0.3 is 9.84 Å². The number of hydrogen-bond acceptors (Lipinski definition) is 4. The Morgan fingerprint density at radius 2 is 2.14 bits per heavy atom. The Balaban J connectivity index is 2.47. The lowest BCUT2D eigenvalue weighted by atomic mass is 10.1. The number of carboxylic acids is 1. The number of hydrogen-bond donors (Lipinski definition) is 1. The summed E-state index contributed by atoms with van der Waals surface area (Å²) in [6.07, 6.45) is 1.70. The molecule has 116 valence electrons. The summed E-state index contributed by atoms with van der Waals surface area (Å²) in [4.78, 5) is 11.3. The monoisotopic (exact) mass is 377 g/mol. The molecular formula is C13H16BrNO5S. The van der Waals surface area contributed by atoms with Crippen LogP contribution in [0, 0.1) is 0 Å². The Kier molecular flexibility index (Phi) is 4.90. The SMILES string of the molecule is COc1ccc(Br)c(S(=O)(=O)N2CCCCC2C(=O)O)c1. The van der Waals surface area contributed by atoms with Crippen molar-refractivity contribution in [2.45, 2.75) is 30.2 Å². The molecule has 1 atom stereocenters. The number of ether oxygens (including phenoxy) is 1. The van der Waals surface area contributed by atoms with Crippen LogP contribution in [0.1, 0.15) is 19.3 Å². The summed E-state index contributed by atoms with van der Waals surface area (Å²) in [6.45, 7) is 0.211. The molecule has 0 spiro atoms. The van der Waals surface area contributed by atoms with E-state index in [0.717, 1.165) is 4.31 Å². The van der Waals surface area contributed by atoms with Gasteiger partial charge in [-0.3, -0.25) is 4.79 Å². The number of nitrogens with zero attached hydrogens (tertiary/aromatic N) is 1. The molecule has 0 amide bonds. The molecule has 1 unspecified atom stereocenters. The van der Waals surface area contributed by atoms with E-state index in [9.17, 15) is 18.3 Å². The van der Waals surface area contributed by atoms with Crippen LogP contribution in [0.25, 0.3) is 0 Å². The molecule has 1 fully saturated rings. The zero-order valence-electron chi connectivity index (χ0n) is 11.5. The van der Waals surface area contributed by atoms with E-state index in [4.69, 9.17) is 4.74 Å². The van der Waals surface area contributed by atoms with Crippen LogP contribution in [0.15, 0.2) is 27.6 Å². The molecule has 0 saturated carbocycles. The van der Waals surface area contributed by atoms with Gasteiger partial charge in [0.05, 0.1) is 7.11 Å². The Labute approximate surface area is 131 Å². The molecule has 1 heterocycles. The van der Waals surface area contributed by atoms with Crippen molar-refractivity contribution in [3.8, 4) is 5.75 Å². The molecule has 1 aromatic carbocycles. The molecule has 0 radical (unpaired) electrons. The van der Waals surface area contributed by atoms with Crippen LogP contribution in [-0.4, -0.2) is 43.5 Å². The van der Waals surface area contributed by atoms with Gasteiger partial charge in [-0.15, -0.1) is 0 Å². The maximum absolute atomic E-state index is 12.8. The number of halogens is 1. The van der Waals surface area contributed by atoms with Crippen LogP contribution >= 0.6 is 15.9 Å². The summed E-state index contributed by atoms with van der Waals surface area (Å²) in [6, 6.07) is 3.59. The van der Waals surface area contributed by atoms with Gasteiger partial charge in [-0.2, -0.15) is 4.31 Å². The van der Waals surface area contributed by atoms with Crippen LogP contribution in [0.5, 0.6) is 5.75 Å². The largest absolute Gasteiger partial charge is 0.497 e. The molecule has 0 aliphatic carbocycles. The van der Waals surface area contributed by atoms with Crippen molar-refractivity contribution in [1.29, 1.82) is 0 Å². The number of benzene rings is 1. The first kappa shape index (κ1) is 16.3. The molecular weight excluding hydrogens is 362 g/mol. The van der Waals surface area contributed by atoms with Gasteiger partial charge in [0, 0.05) is 17.1 Å². The lowest BCUT2D eigenvalue weighted by Gasteiger charge is -2.32. The van der Waals surface area contributed by atoms with Crippen LogP contribution < -0.4 is 4.74 Å². The smallest absolute Gasteiger partial charge is 0.322 e. The Morgan fingerprint density at radius 1 is 1.43 bits per heavy atom. The molecule has 21 heavy (non-hydrogen) atoms. The lowest BCUT2D eigenvalue weighted by Crippen LogP contribution is -2.47. The van der Waals surface area contributed by atoms with Gasteiger partial charge in [0.1, 0.15) is 16.7 Å². The minimum Gasteiger partial charge on any atom is -0.497 e. The van der Waals surface area contributed by atoms with Crippen LogP contribution in [0.2, 0.25) is 0 Å². The molecule has 1 aliphatic rings. The standard InChI is InChI=1S/C13H16BrNO5S/c1-20-9-5-6-10(14)12(8-9)21(18,19)15-7-3-2-4-11(15)13(16)17/h5-6,8,11H,2-4,7H2,1H3,(H,16,17). The van der Waals surface area contributed by atoms with Crippen molar-refractivity contribution >= 4 is 31.9 Å². The highest BCUT2D eigenvalue weighted by Gasteiger charge is 2.38. The second-order valence-electron chi connectivity index (χ2n) is 4.76. The number of carbonyl (C=O) groups is 1. The van der Waals surface area contributed by atoms with Crippen molar-refractivity contribution in [3.05, 3.63) is 22.7 Å². The summed E-state index contributed by atoms with van der Waals surface area (Å²) in [5, 5.41) is 9.25.